The van der Waals surface area contributed by atoms with Gasteiger partial charge in [0.1, 0.15) is 11.8 Å². The van der Waals surface area contributed by atoms with Crippen LogP contribution in [0.4, 0.5) is 0 Å². The summed E-state index contributed by atoms with van der Waals surface area (Å²) >= 11 is 0. The molecule has 3 N–H and O–H groups in total. The first kappa shape index (κ1) is 15.6. The Morgan fingerprint density at radius 1 is 1.14 bits per heavy atom. The van der Waals surface area contributed by atoms with Crippen LogP contribution in [0.15, 0.2) is 54.6 Å². The van der Waals surface area contributed by atoms with Crippen LogP contribution < -0.4 is 15.8 Å². The molecule has 2 amide bonds. The minimum absolute atomic E-state index is 0.311. The second kappa shape index (κ2) is 7.26. The van der Waals surface area contributed by atoms with E-state index in [1.54, 1.807) is 31.4 Å². The molecular formula is C17H18N2O3. The van der Waals surface area contributed by atoms with Crippen molar-refractivity contribution in [3.63, 3.8) is 0 Å². The Balaban J connectivity index is 2.10. The summed E-state index contributed by atoms with van der Waals surface area (Å²) in [4.78, 5) is 23.7. The van der Waals surface area contributed by atoms with Gasteiger partial charge in [-0.1, -0.05) is 30.3 Å². The molecule has 0 saturated carbocycles. The maximum Gasteiger partial charge on any atom is 0.251 e. The smallest absolute Gasteiger partial charge is 0.251 e. The third kappa shape index (κ3) is 4.09. The lowest BCUT2D eigenvalue weighted by Gasteiger charge is -2.16. The summed E-state index contributed by atoms with van der Waals surface area (Å²) in [5.41, 5.74) is 6.74. The number of carbonyl (C=O) groups is 2. The Morgan fingerprint density at radius 2 is 1.86 bits per heavy atom. The zero-order valence-electron chi connectivity index (χ0n) is 12.3. The van der Waals surface area contributed by atoms with Gasteiger partial charge in [-0.3, -0.25) is 9.59 Å². The fourth-order valence-corrected chi connectivity index (χ4v) is 2.09. The Bertz CT molecular complexity index is 656. The standard InChI is InChI=1S/C17H18N2O3/c1-22-14-9-5-6-12(10-14)11-15(16(18)20)19-17(21)13-7-3-2-4-8-13/h2-10,15H,11H2,1H3,(H2,18,20)(H,19,21)/t15-/m0/s1. The van der Waals surface area contributed by atoms with Gasteiger partial charge < -0.3 is 15.8 Å². The predicted molar refractivity (Wildman–Crippen MR) is 83.6 cm³/mol. The molecule has 22 heavy (non-hydrogen) atoms. The Labute approximate surface area is 129 Å². The highest BCUT2D eigenvalue weighted by molar-refractivity contribution is 5.97. The molecular weight excluding hydrogens is 280 g/mol. The molecule has 1 atom stereocenters. The number of nitrogens with one attached hydrogen (secondary N) is 1. The Morgan fingerprint density at radius 3 is 2.50 bits per heavy atom. The number of benzene rings is 2. The van der Waals surface area contributed by atoms with E-state index in [0.29, 0.717) is 17.7 Å². The number of hydrogen-bond acceptors (Lipinski definition) is 3. The molecule has 2 rings (SSSR count). The zero-order chi connectivity index (χ0) is 15.9. The van der Waals surface area contributed by atoms with Gasteiger partial charge in [0, 0.05) is 12.0 Å². The minimum Gasteiger partial charge on any atom is -0.497 e. The van der Waals surface area contributed by atoms with Crippen molar-refractivity contribution in [2.45, 2.75) is 12.5 Å². The van der Waals surface area contributed by atoms with E-state index in [1.165, 1.54) is 0 Å². The monoisotopic (exact) mass is 298 g/mol. The molecule has 0 unspecified atom stereocenters. The van der Waals surface area contributed by atoms with Crippen molar-refractivity contribution in [2.24, 2.45) is 5.73 Å². The first-order valence-corrected chi connectivity index (χ1v) is 6.88. The van der Waals surface area contributed by atoms with Crippen molar-refractivity contribution < 1.29 is 14.3 Å². The number of primary amides is 1. The van der Waals surface area contributed by atoms with Crippen LogP contribution in [0.1, 0.15) is 15.9 Å². The van der Waals surface area contributed by atoms with E-state index in [-0.39, 0.29) is 5.91 Å². The lowest BCUT2D eigenvalue weighted by atomic mass is 10.0. The number of amides is 2. The van der Waals surface area contributed by atoms with Crippen LogP contribution in [-0.2, 0) is 11.2 Å². The van der Waals surface area contributed by atoms with Crippen LogP contribution in [0.5, 0.6) is 5.75 Å². The SMILES string of the molecule is COc1cccc(C[C@H](NC(=O)c2ccccc2)C(N)=O)c1. The van der Waals surface area contributed by atoms with E-state index < -0.39 is 11.9 Å². The van der Waals surface area contributed by atoms with Crippen LogP contribution in [0.3, 0.4) is 0 Å². The highest BCUT2D eigenvalue weighted by atomic mass is 16.5. The second-order valence-corrected chi connectivity index (χ2v) is 4.85. The molecule has 114 valence electrons. The van der Waals surface area contributed by atoms with Crippen molar-refractivity contribution in [2.75, 3.05) is 7.11 Å². The molecule has 0 saturated heterocycles. The van der Waals surface area contributed by atoms with Gasteiger partial charge in [0.25, 0.3) is 5.91 Å². The molecule has 2 aromatic rings. The lowest BCUT2D eigenvalue weighted by Crippen LogP contribution is -2.45. The summed E-state index contributed by atoms with van der Waals surface area (Å²) in [6.45, 7) is 0. The van der Waals surface area contributed by atoms with E-state index >= 15 is 0 Å². The summed E-state index contributed by atoms with van der Waals surface area (Å²) in [6, 6.07) is 15.2. The zero-order valence-corrected chi connectivity index (χ0v) is 12.3. The Kier molecular flexibility index (Phi) is 5.14. The van der Waals surface area contributed by atoms with Crippen molar-refractivity contribution >= 4 is 11.8 Å². The van der Waals surface area contributed by atoms with Crippen LogP contribution >= 0.6 is 0 Å². The molecule has 2 aromatic carbocycles. The maximum absolute atomic E-state index is 12.1. The van der Waals surface area contributed by atoms with Crippen LogP contribution in [0.25, 0.3) is 0 Å². The van der Waals surface area contributed by atoms with Crippen molar-refractivity contribution in [1.29, 1.82) is 0 Å². The number of ether oxygens (including phenoxy) is 1. The fourth-order valence-electron chi connectivity index (χ4n) is 2.09. The Hall–Kier alpha value is -2.82. The summed E-state index contributed by atoms with van der Waals surface area (Å²) < 4.78 is 5.14. The third-order valence-corrected chi connectivity index (χ3v) is 3.26. The van der Waals surface area contributed by atoms with Crippen molar-refractivity contribution in [3.8, 4) is 5.75 Å². The van der Waals surface area contributed by atoms with E-state index in [1.807, 2.05) is 30.3 Å². The first-order chi connectivity index (χ1) is 10.6. The molecule has 0 fully saturated rings. The molecule has 0 spiro atoms. The average molecular weight is 298 g/mol. The van der Waals surface area contributed by atoms with Crippen LogP contribution in [0.2, 0.25) is 0 Å². The number of rotatable bonds is 6. The predicted octanol–water partition coefficient (Wildman–Crippen LogP) is 1.52. The lowest BCUT2D eigenvalue weighted by molar-refractivity contribution is -0.119. The third-order valence-electron chi connectivity index (χ3n) is 3.26. The number of nitrogens with two attached hydrogens (primary N) is 1. The van der Waals surface area contributed by atoms with E-state index in [2.05, 4.69) is 5.32 Å². The molecule has 5 heteroatoms. The summed E-state index contributed by atoms with van der Waals surface area (Å²) in [7, 11) is 1.57. The molecule has 0 radical (unpaired) electrons. The van der Waals surface area contributed by atoms with Gasteiger partial charge in [-0.2, -0.15) is 0 Å². The molecule has 0 aliphatic rings. The van der Waals surface area contributed by atoms with Crippen LogP contribution in [-0.4, -0.2) is 25.0 Å². The molecule has 0 aliphatic carbocycles. The average Bonchev–Trinajstić information content (AvgIpc) is 2.55. The van der Waals surface area contributed by atoms with Gasteiger partial charge in [0.05, 0.1) is 7.11 Å². The first-order valence-electron chi connectivity index (χ1n) is 6.88. The van der Waals surface area contributed by atoms with E-state index in [0.717, 1.165) is 5.56 Å². The van der Waals surface area contributed by atoms with Gasteiger partial charge in [-0.25, -0.2) is 0 Å². The maximum atomic E-state index is 12.1. The van der Waals surface area contributed by atoms with Crippen molar-refractivity contribution in [3.05, 3.63) is 65.7 Å². The fraction of sp³-hybridized carbons (Fsp3) is 0.176. The molecule has 5 nitrogen and oxygen atoms in total. The highest BCUT2D eigenvalue weighted by Crippen LogP contribution is 2.14. The quantitative estimate of drug-likeness (QED) is 0.848. The summed E-state index contributed by atoms with van der Waals surface area (Å²) in [6.07, 6.45) is 0.311. The largest absolute Gasteiger partial charge is 0.497 e. The van der Waals surface area contributed by atoms with Gasteiger partial charge in [0.15, 0.2) is 0 Å². The number of hydrogen-bond donors (Lipinski definition) is 2. The van der Waals surface area contributed by atoms with Gasteiger partial charge in [-0.05, 0) is 29.8 Å². The van der Waals surface area contributed by atoms with Crippen LogP contribution in [0, 0.1) is 0 Å². The summed E-state index contributed by atoms with van der Waals surface area (Å²) in [5, 5.41) is 2.66. The topological polar surface area (TPSA) is 81.4 Å². The minimum atomic E-state index is -0.778. The molecule has 0 bridgehead atoms. The molecule has 0 aliphatic heterocycles. The van der Waals surface area contributed by atoms with Crippen molar-refractivity contribution in [1.82, 2.24) is 5.32 Å². The van der Waals surface area contributed by atoms with E-state index in [4.69, 9.17) is 10.5 Å². The normalized spacial score (nSPS) is 11.5. The second-order valence-electron chi connectivity index (χ2n) is 4.85. The van der Waals surface area contributed by atoms with Gasteiger partial charge >= 0.3 is 0 Å². The highest BCUT2D eigenvalue weighted by Gasteiger charge is 2.19. The number of carbonyl (C=O) groups excluding carboxylic acids is 2. The van der Waals surface area contributed by atoms with E-state index in [9.17, 15) is 9.59 Å². The molecule has 0 heterocycles. The van der Waals surface area contributed by atoms with Gasteiger partial charge in [0.2, 0.25) is 5.91 Å². The molecule has 0 aromatic heterocycles. The number of methoxy groups -OCH3 is 1. The summed E-state index contributed by atoms with van der Waals surface area (Å²) in [5.74, 6) is -0.213. The van der Waals surface area contributed by atoms with Gasteiger partial charge in [-0.15, -0.1) is 0 Å².